The highest BCUT2D eigenvalue weighted by molar-refractivity contribution is 6.36. The fraction of sp³-hybridized carbons (Fsp3) is 0.333. The number of imide groups is 1. The molecule has 2 aromatic rings. The number of nitrogens with zero attached hydrogens (tertiary/aromatic N) is 1. The lowest BCUT2D eigenvalue weighted by atomic mass is 9.87. The minimum Gasteiger partial charge on any atom is -0.385 e. The van der Waals surface area contributed by atoms with Crippen LogP contribution in [0.1, 0.15) is 38.3 Å². The van der Waals surface area contributed by atoms with Gasteiger partial charge < -0.3 is 10.1 Å². The van der Waals surface area contributed by atoms with E-state index in [-0.39, 0.29) is 22.9 Å². The van der Waals surface area contributed by atoms with Gasteiger partial charge in [-0.1, -0.05) is 56.6 Å². The van der Waals surface area contributed by atoms with Crippen LogP contribution < -0.4 is 5.32 Å². The first kappa shape index (κ1) is 22.1. The van der Waals surface area contributed by atoms with E-state index < -0.39 is 0 Å². The fourth-order valence-electron chi connectivity index (χ4n) is 3.34. The number of amides is 2. The van der Waals surface area contributed by atoms with Crippen LogP contribution in [-0.2, 0) is 19.7 Å². The Labute approximate surface area is 182 Å². The summed E-state index contributed by atoms with van der Waals surface area (Å²) in [6.07, 6.45) is 0.579. The van der Waals surface area contributed by atoms with E-state index in [4.69, 9.17) is 16.3 Å². The molecule has 0 radical (unpaired) electrons. The van der Waals surface area contributed by atoms with Gasteiger partial charge in [0.1, 0.15) is 5.70 Å². The Hall–Kier alpha value is -2.63. The molecule has 0 unspecified atom stereocenters. The van der Waals surface area contributed by atoms with Crippen molar-refractivity contribution in [2.24, 2.45) is 0 Å². The quantitative estimate of drug-likeness (QED) is 0.507. The Morgan fingerprint density at radius 1 is 0.967 bits per heavy atom. The van der Waals surface area contributed by atoms with E-state index in [9.17, 15) is 9.59 Å². The minimum absolute atomic E-state index is 0.0313. The fourth-order valence-corrected chi connectivity index (χ4v) is 3.47. The van der Waals surface area contributed by atoms with Crippen molar-refractivity contribution in [2.45, 2.75) is 32.6 Å². The van der Waals surface area contributed by atoms with Crippen LogP contribution in [0.3, 0.4) is 0 Å². The zero-order valence-corrected chi connectivity index (χ0v) is 18.5. The molecule has 2 aromatic carbocycles. The van der Waals surface area contributed by atoms with Crippen LogP contribution in [0.15, 0.2) is 54.2 Å². The summed E-state index contributed by atoms with van der Waals surface area (Å²) in [6, 6.07) is 14.9. The topological polar surface area (TPSA) is 58.6 Å². The number of carbonyl (C=O) groups is 2. The third-order valence-electron chi connectivity index (χ3n) is 5.05. The third-order valence-corrected chi connectivity index (χ3v) is 5.30. The number of ether oxygens (including phenoxy) is 1. The van der Waals surface area contributed by atoms with Gasteiger partial charge in [0.05, 0.1) is 5.57 Å². The van der Waals surface area contributed by atoms with Crippen LogP contribution in [0, 0.1) is 0 Å². The number of carbonyl (C=O) groups excluding carboxylic acids is 2. The molecule has 158 valence electrons. The Kier molecular flexibility index (Phi) is 6.64. The molecule has 6 heteroatoms. The standard InChI is InChI=1S/C24H27ClN2O3/c1-24(2,3)17-8-12-19(13-9-17)26-21-20(16-6-10-18(25)11-7-16)22(28)27(23(21)29)14-5-15-30-4/h6-13,26H,5,14-15H2,1-4H3. The van der Waals surface area contributed by atoms with Crippen molar-refractivity contribution < 1.29 is 14.3 Å². The third kappa shape index (κ3) is 4.74. The number of anilines is 1. The molecule has 5 nitrogen and oxygen atoms in total. The van der Waals surface area contributed by atoms with Crippen molar-refractivity contribution in [3.63, 3.8) is 0 Å². The van der Waals surface area contributed by atoms with E-state index in [1.165, 1.54) is 10.5 Å². The number of methoxy groups -OCH3 is 1. The molecule has 0 aliphatic carbocycles. The molecule has 0 aromatic heterocycles. The Bertz CT molecular complexity index is 957. The van der Waals surface area contributed by atoms with Crippen LogP contribution in [0.2, 0.25) is 5.02 Å². The van der Waals surface area contributed by atoms with E-state index in [1.54, 1.807) is 31.4 Å². The predicted molar refractivity (Wildman–Crippen MR) is 120 cm³/mol. The summed E-state index contributed by atoms with van der Waals surface area (Å²) in [7, 11) is 1.60. The molecular formula is C24H27ClN2O3. The van der Waals surface area contributed by atoms with Gasteiger partial charge >= 0.3 is 0 Å². The van der Waals surface area contributed by atoms with Gasteiger partial charge in [0.15, 0.2) is 0 Å². The van der Waals surface area contributed by atoms with Crippen molar-refractivity contribution in [2.75, 3.05) is 25.6 Å². The summed E-state index contributed by atoms with van der Waals surface area (Å²) < 4.78 is 5.06. The van der Waals surface area contributed by atoms with Gasteiger partial charge in [-0.25, -0.2) is 0 Å². The summed E-state index contributed by atoms with van der Waals surface area (Å²) in [6.45, 7) is 7.22. The summed E-state index contributed by atoms with van der Waals surface area (Å²) in [5.41, 5.74) is 3.26. The van der Waals surface area contributed by atoms with Crippen molar-refractivity contribution in [1.29, 1.82) is 0 Å². The molecule has 1 N–H and O–H groups in total. The lowest BCUT2D eigenvalue weighted by Gasteiger charge is -2.19. The monoisotopic (exact) mass is 426 g/mol. The molecule has 0 saturated carbocycles. The first-order valence-electron chi connectivity index (χ1n) is 9.95. The predicted octanol–water partition coefficient (Wildman–Crippen LogP) is 4.87. The summed E-state index contributed by atoms with van der Waals surface area (Å²) in [5, 5.41) is 3.76. The molecule has 3 rings (SSSR count). The van der Waals surface area contributed by atoms with Crippen LogP contribution in [0.4, 0.5) is 5.69 Å². The summed E-state index contributed by atoms with van der Waals surface area (Å²) >= 11 is 6.01. The maximum atomic E-state index is 13.1. The highest BCUT2D eigenvalue weighted by Gasteiger charge is 2.38. The van der Waals surface area contributed by atoms with Crippen molar-refractivity contribution in [3.8, 4) is 0 Å². The van der Waals surface area contributed by atoms with E-state index >= 15 is 0 Å². The van der Waals surface area contributed by atoms with Crippen LogP contribution >= 0.6 is 11.6 Å². The molecule has 0 spiro atoms. The van der Waals surface area contributed by atoms with E-state index in [0.29, 0.717) is 35.7 Å². The highest BCUT2D eigenvalue weighted by atomic mass is 35.5. The van der Waals surface area contributed by atoms with E-state index in [1.807, 2.05) is 24.3 Å². The summed E-state index contributed by atoms with van der Waals surface area (Å²) in [4.78, 5) is 27.5. The number of hydrogen-bond donors (Lipinski definition) is 1. The average Bonchev–Trinajstić information content (AvgIpc) is 2.93. The van der Waals surface area contributed by atoms with Gasteiger partial charge in [-0.15, -0.1) is 0 Å². The molecule has 1 heterocycles. The van der Waals surface area contributed by atoms with Gasteiger partial charge in [-0.05, 0) is 47.2 Å². The molecular weight excluding hydrogens is 400 g/mol. The zero-order chi connectivity index (χ0) is 21.9. The molecule has 2 amide bonds. The summed E-state index contributed by atoms with van der Waals surface area (Å²) in [5.74, 6) is -0.645. The van der Waals surface area contributed by atoms with Crippen molar-refractivity contribution in [3.05, 3.63) is 70.4 Å². The van der Waals surface area contributed by atoms with Crippen LogP contribution in [0.25, 0.3) is 5.57 Å². The SMILES string of the molecule is COCCCN1C(=O)C(Nc2ccc(C(C)(C)C)cc2)=C(c2ccc(Cl)cc2)C1=O. The second-order valence-electron chi connectivity index (χ2n) is 8.32. The molecule has 1 aliphatic rings. The van der Waals surface area contributed by atoms with Gasteiger partial charge in [0.2, 0.25) is 0 Å². The van der Waals surface area contributed by atoms with Crippen LogP contribution in [0.5, 0.6) is 0 Å². The van der Waals surface area contributed by atoms with Gasteiger partial charge in [-0.3, -0.25) is 14.5 Å². The largest absolute Gasteiger partial charge is 0.385 e. The Morgan fingerprint density at radius 2 is 1.60 bits per heavy atom. The number of rotatable bonds is 7. The van der Waals surface area contributed by atoms with Gasteiger partial charge in [0, 0.05) is 31.0 Å². The van der Waals surface area contributed by atoms with Gasteiger partial charge in [0.25, 0.3) is 11.8 Å². The van der Waals surface area contributed by atoms with Gasteiger partial charge in [-0.2, -0.15) is 0 Å². The molecule has 0 atom stereocenters. The second kappa shape index (κ2) is 9.02. The minimum atomic E-state index is -0.332. The van der Waals surface area contributed by atoms with Crippen molar-refractivity contribution in [1.82, 2.24) is 4.90 Å². The van der Waals surface area contributed by atoms with E-state index in [2.05, 4.69) is 26.1 Å². The number of halogens is 1. The molecule has 0 saturated heterocycles. The lowest BCUT2D eigenvalue weighted by Crippen LogP contribution is -2.33. The number of nitrogens with one attached hydrogen (secondary N) is 1. The molecule has 30 heavy (non-hydrogen) atoms. The first-order valence-corrected chi connectivity index (χ1v) is 10.3. The average molecular weight is 427 g/mol. The Balaban J connectivity index is 1.95. The molecule has 1 aliphatic heterocycles. The smallest absolute Gasteiger partial charge is 0.278 e. The maximum Gasteiger partial charge on any atom is 0.278 e. The highest BCUT2D eigenvalue weighted by Crippen LogP contribution is 2.32. The number of benzene rings is 2. The lowest BCUT2D eigenvalue weighted by molar-refractivity contribution is -0.136. The Morgan fingerprint density at radius 3 is 2.17 bits per heavy atom. The molecule has 0 bridgehead atoms. The van der Waals surface area contributed by atoms with E-state index in [0.717, 1.165) is 5.69 Å². The second-order valence-corrected chi connectivity index (χ2v) is 8.75. The maximum absolute atomic E-state index is 13.1. The normalized spacial score (nSPS) is 14.6. The first-order chi connectivity index (χ1) is 14.2. The zero-order valence-electron chi connectivity index (χ0n) is 17.8. The molecule has 0 fully saturated rings. The number of hydrogen-bond acceptors (Lipinski definition) is 4. The van der Waals surface area contributed by atoms with Crippen molar-refractivity contribution >= 4 is 34.7 Å². The van der Waals surface area contributed by atoms with Crippen LogP contribution in [-0.4, -0.2) is 37.0 Å².